The Hall–Kier alpha value is -1.26. The van der Waals surface area contributed by atoms with Gasteiger partial charge in [-0.05, 0) is 24.5 Å². The molecule has 1 amide bonds. The molecule has 0 fully saturated rings. The topological polar surface area (TPSA) is 64.4 Å². The van der Waals surface area contributed by atoms with E-state index in [9.17, 15) is 4.79 Å². The molecule has 0 saturated carbocycles. The molecule has 0 bridgehead atoms. The Kier molecular flexibility index (Phi) is 6.82. The molecule has 1 aromatic rings. The number of amides is 1. The van der Waals surface area contributed by atoms with Gasteiger partial charge in [0.05, 0.1) is 17.6 Å². The predicted octanol–water partition coefficient (Wildman–Crippen LogP) is 2.60. The van der Waals surface area contributed by atoms with Crippen molar-refractivity contribution in [3.05, 3.63) is 29.3 Å². The highest BCUT2D eigenvalue weighted by Crippen LogP contribution is 2.24. The van der Waals surface area contributed by atoms with E-state index in [-0.39, 0.29) is 17.9 Å². The molecular formula is C15H23ClN2O2. The molecule has 20 heavy (non-hydrogen) atoms. The fourth-order valence-corrected chi connectivity index (χ4v) is 1.80. The Bertz CT molecular complexity index is 438. The lowest BCUT2D eigenvalue weighted by Gasteiger charge is -2.21. The van der Waals surface area contributed by atoms with Crippen molar-refractivity contribution < 1.29 is 9.53 Å². The second-order valence-electron chi connectivity index (χ2n) is 5.09. The van der Waals surface area contributed by atoms with Crippen LogP contribution >= 0.6 is 11.6 Å². The Morgan fingerprint density at radius 1 is 1.40 bits per heavy atom. The highest BCUT2D eigenvalue weighted by atomic mass is 35.5. The first-order valence-electron chi connectivity index (χ1n) is 6.90. The maximum absolute atomic E-state index is 11.8. The molecule has 0 spiro atoms. The summed E-state index contributed by atoms with van der Waals surface area (Å²) in [5, 5.41) is 3.39. The molecule has 0 saturated heterocycles. The monoisotopic (exact) mass is 298 g/mol. The Balaban J connectivity index is 2.52. The average molecular weight is 299 g/mol. The van der Waals surface area contributed by atoms with Crippen LogP contribution in [0.1, 0.15) is 27.2 Å². The first-order valence-corrected chi connectivity index (χ1v) is 7.28. The molecule has 0 aromatic heterocycles. The summed E-state index contributed by atoms with van der Waals surface area (Å²) in [5.41, 5.74) is 5.79. The van der Waals surface area contributed by atoms with E-state index in [0.29, 0.717) is 17.3 Å². The van der Waals surface area contributed by atoms with Gasteiger partial charge in [-0.1, -0.05) is 44.5 Å². The summed E-state index contributed by atoms with van der Waals surface area (Å²) in [6, 6.07) is 6.80. The van der Waals surface area contributed by atoms with Gasteiger partial charge < -0.3 is 15.8 Å². The maximum atomic E-state index is 11.8. The maximum Gasteiger partial charge on any atom is 0.237 e. The largest absolute Gasteiger partial charge is 0.487 e. The molecule has 0 radical (unpaired) electrons. The van der Waals surface area contributed by atoms with Gasteiger partial charge in [-0.2, -0.15) is 0 Å². The number of halogens is 1. The third kappa shape index (κ3) is 5.02. The second kappa shape index (κ2) is 8.12. The SMILES string of the molecule is CCC(CNC(=O)[C@@H](N)C(C)C)Oc1ccccc1Cl. The summed E-state index contributed by atoms with van der Waals surface area (Å²) in [6.45, 7) is 6.25. The van der Waals surface area contributed by atoms with Crippen molar-refractivity contribution in [1.82, 2.24) is 5.32 Å². The molecule has 0 aliphatic rings. The van der Waals surface area contributed by atoms with Crippen molar-refractivity contribution in [2.24, 2.45) is 11.7 Å². The quantitative estimate of drug-likeness (QED) is 0.813. The summed E-state index contributed by atoms with van der Waals surface area (Å²) in [4.78, 5) is 11.8. The van der Waals surface area contributed by atoms with Crippen LogP contribution in [0, 0.1) is 5.92 Å². The van der Waals surface area contributed by atoms with Crippen LogP contribution in [0.4, 0.5) is 0 Å². The zero-order valence-electron chi connectivity index (χ0n) is 12.2. The summed E-state index contributed by atoms with van der Waals surface area (Å²) < 4.78 is 5.80. The predicted molar refractivity (Wildman–Crippen MR) is 82.0 cm³/mol. The van der Waals surface area contributed by atoms with E-state index in [0.717, 1.165) is 6.42 Å². The van der Waals surface area contributed by atoms with E-state index < -0.39 is 6.04 Å². The van der Waals surface area contributed by atoms with Crippen LogP contribution in [0.15, 0.2) is 24.3 Å². The number of para-hydroxylation sites is 1. The van der Waals surface area contributed by atoms with Gasteiger partial charge in [0.1, 0.15) is 11.9 Å². The fourth-order valence-electron chi connectivity index (χ4n) is 1.62. The minimum atomic E-state index is -0.493. The molecule has 112 valence electrons. The first-order chi connectivity index (χ1) is 9.45. The molecule has 0 aliphatic heterocycles. The van der Waals surface area contributed by atoms with Crippen molar-refractivity contribution in [3.8, 4) is 5.75 Å². The number of carbonyl (C=O) groups excluding carboxylic acids is 1. The van der Waals surface area contributed by atoms with Crippen molar-refractivity contribution in [2.75, 3.05) is 6.54 Å². The number of benzene rings is 1. The number of carbonyl (C=O) groups is 1. The molecule has 3 N–H and O–H groups in total. The van der Waals surface area contributed by atoms with Crippen LogP contribution in [0.2, 0.25) is 5.02 Å². The standard InChI is InChI=1S/C15H23ClN2O2/c1-4-11(9-18-15(19)14(17)10(2)3)20-13-8-6-5-7-12(13)16/h5-8,10-11,14H,4,9,17H2,1-3H3,(H,18,19)/t11?,14-/m0/s1. The average Bonchev–Trinajstić information content (AvgIpc) is 2.43. The zero-order valence-corrected chi connectivity index (χ0v) is 13.0. The Morgan fingerprint density at radius 3 is 2.60 bits per heavy atom. The molecule has 2 atom stereocenters. The lowest BCUT2D eigenvalue weighted by Crippen LogP contribution is -2.46. The number of nitrogens with one attached hydrogen (secondary N) is 1. The highest BCUT2D eigenvalue weighted by Gasteiger charge is 2.18. The van der Waals surface area contributed by atoms with Gasteiger partial charge in [0, 0.05) is 0 Å². The molecule has 0 aliphatic carbocycles. The number of rotatable bonds is 7. The van der Waals surface area contributed by atoms with Gasteiger partial charge in [-0.25, -0.2) is 0 Å². The van der Waals surface area contributed by atoms with Crippen LogP contribution in [0.3, 0.4) is 0 Å². The van der Waals surface area contributed by atoms with Crippen LogP contribution in [-0.2, 0) is 4.79 Å². The number of hydrogen-bond acceptors (Lipinski definition) is 3. The summed E-state index contributed by atoms with van der Waals surface area (Å²) >= 11 is 6.05. The van der Waals surface area contributed by atoms with E-state index in [1.165, 1.54) is 0 Å². The van der Waals surface area contributed by atoms with Gasteiger partial charge in [0.25, 0.3) is 0 Å². The smallest absolute Gasteiger partial charge is 0.237 e. The Labute approximate surface area is 125 Å². The molecule has 1 aromatic carbocycles. The van der Waals surface area contributed by atoms with E-state index in [1.54, 1.807) is 6.07 Å². The molecule has 4 nitrogen and oxygen atoms in total. The lowest BCUT2D eigenvalue weighted by atomic mass is 10.1. The third-order valence-corrected chi connectivity index (χ3v) is 3.42. The van der Waals surface area contributed by atoms with E-state index in [4.69, 9.17) is 22.1 Å². The zero-order chi connectivity index (χ0) is 15.1. The normalized spacial score (nSPS) is 13.9. The summed E-state index contributed by atoms with van der Waals surface area (Å²) in [6.07, 6.45) is 0.640. The lowest BCUT2D eigenvalue weighted by molar-refractivity contribution is -0.123. The summed E-state index contributed by atoms with van der Waals surface area (Å²) in [5.74, 6) is 0.587. The van der Waals surface area contributed by atoms with Crippen LogP contribution in [0.5, 0.6) is 5.75 Å². The van der Waals surface area contributed by atoms with Gasteiger partial charge >= 0.3 is 0 Å². The Morgan fingerprint density at radius 2 is 2.05 bits per heavy atom. The van der Waals surface area contributed by atoms with Crippen LogP contribution in [-0.4, -0.2) is 24.6 Å². The molecule has 1 rings (SSSR count). The highest BCUT2D eigenvalue weighted by molar-refractivity contribution is 6.32. The van der Waals surface area contributed by atoms with Gasteiger partial charge in [0.15, 0.2) is 0 Å². The molecule has 1 unspecified atom stereocenters. The number of nitrogens with two attached hydrogens (primary N) is 1. The van der Waals surface area contributed by atoms with Crippen molar-refractivity contribution >= 4 is 17.5 Å². The number of ether oxygens (including phenoxy) is 1. The minimum Gasteiger partial charge on any atom is -0.487 e. The molecule has 5 heteroatoms. The van der Waals surface area contributed by atoms with E-state index in [1.807, 2.05) is 39.0 Å². The van der Waals surface area contributed by atoms with Crippen molar-refractivity contribution in [3.63, 3.8) is 0 Å². The summed E-state index contributed by atoms with van der Waals surface area (Å²) in [7, 11) is 0. The second-order valence-corrected chi connectivity index (χ2v) is 5.50. The van der Waals surface area contributed by atoms with Crippen molar-refractivity contribution in [2.45, 2.75) is 39.3 Å². The van der Waals surface area contributed by atoms with Gasteiger partial charge in [-0.15, -0.1) is 0 Å². The van der Waals surface area contributed by atoms with Crippen LogP contribution in [0.25, 0.3) is 0 Å². The minimum absolute atomic E-state index is 0.111. The van der Waals surface area contributed by atoms with E-state index >= 15 is 0 Å². The van der Waals surface area contributed by atoms with Crippen molar-refractivity contribution in [1.29, 1.82) is 0 Å². The van der Waals surface area contributed by atoms with Crippen LogP contribution < -0.4 is 15.8 Å². The van der Waals surface area contributed by atoms with E-state index in [2.05, 4.69) is 5.32 Å². The number of hydrogen-bond donors (Lipinski definition) is 2. The van der Waals surface area contributed by atoms with Gasteiger partial charge in [-0.3, -0.25) is 4.79 Å². The van der Waals surface area contributed by atoms with Gasteiger partial charge in [0.2, 0.25) is 5.91 Å². The molecular weight excluding hydrogens is 276 g/mol. The fraction of sp³-hybridized carbons (Fsp3) is 0.533. The third-order valence-electron chi connectivity index (χ3n) is 3.11. The molecule has 0 heterocycles. The first kappa shape index (κ1) is 16.8.